The van der Waals surface area contributed by atoms with Crippen molar-refractivity contribution in [2.24, 2.45) is 28.6 Å². The third-order valence-electron chi connectivity index (χ3n) is 8.85. The van der Waals surface area contributed by atoms with Crippen LogP contribution in [0.1, 0.15) is 59.3 Å². The van der Waals surface area contributed by atoms with Gasteiger partial charge in [0.15, 0.2) is 0 Å². The quantitative estimate of drug-likeness (QED) is 0.530. The van der Waals surface area contributed by atoms with Crippen LogP contribution in [0.3, 0.4) is 0 Å². The topological polar surface area (TPSA) is 98.0 Å². The molecule has 0 aromatic carbocycles. The van der Waals surface area contributed by atoms with Crippen molar-refractivity contribution >= 4 is 5.78 Å². The lowest BCUT2D eigenvalue weighted by Crippen LogP contribution is -2.71. The molecule has 4 aliphatic rings. The number of aliphatic hydroxyl groups is 4. The average molecular weight is 364 g/mol. The number of fused-ring (bicyclic) bond motifs is 5. The molecule has 0 heterocycles. The summed E-state index contributed by atoms with van der Waals surface area (Å²) in [4.78, 5) is 12.2. The molecule has 5 nitrogen and oxygen atoms in total. The number of ketones is 1. The molecule has 5 heteroatoms. The Kier molecular flexibility index (Phi) is 4.03. The van der Waals surface area contributed by atoms with Crippen molar-refractivity contribution in [1.82, 2.24) is 0 Å². The maximum absolute atomic E-state index is 12.2. The summed E-state index contributed by atoms with van der Waals surface area (Å²) in [5.41, 5.74) is -1.35. The molecular formula is C21H32O5. The third-order valence-corrected chi connectivity index (χ3v) is 8.85. The van der Waals surface area contributed by atoms with E-state index in [-0.39, 0.29) is 29.1 Å². The van der Waals surface area contributed by atoms with Gasteiger partial charge in [0.1, 0.15) is 5.78 Å². The van der Waals surface area contributed by atoms with E-state index in [2.05, 4.69) is 13.0 Å². The van der Waals surface area contributed by atoms with E-state index in [4.69, 9.17) is 0 Å². The summed E-state index contributed by atoms with van der Waals surface area (Å²) in [5.74, 6) is -0.885. The van der Waals surface area contributed by atoms with Gasteiger partial charge in [0, 0.05) is 17.3 Å². The number of allylic oxidation sites excluding steroid dienone is 1. The fourth-order valence-electron chi connectivity index (χ4n) is 7.34. The minimum absolute atomic E-state index is 0.0211. The van der Waals surface area contributed by atoms with E-state index >= 15 is 0 Å². The maximum atomic E-state index is 12.2. The predicted octanol–water partition coefficient (Wildman–Crippen LogP) is 1.57. The highest BCUT2D eigenvalue weighted by Gasteiger charge is 2.72. The molecule has 0 bridgehead atoms. The second kappa shape index (κ2) is 5.63. The molecule has 0 radical (unpaired) electrons. The van der Waals surface area contributed by atoms with E-state index in [0.717, 1.165) is 12.0 Å². The molecule has 0 amide bonds. The molecule has 146 valence electrons. The monoisotopic (exact) mass is 364 g/mol. The van der Waals surface area contributed by atoms with Crippen LogP contribution in [0, 0.1) is 28.6 Å². The first kappa shape index (κ1) is 18.6. The van der Waals surface area contributed by atoms with Gasteiger partial charge in [-0.3, -0.25) is 4.79 Å². The van der Waals surface area contributed by atoms with Crippen LogP contribution >= 0.6 is 0 Å². The molecule has 0 aromatic rings. The highest BCUT2D eigenvalue weighted by Crippen LogP contribution is 2.67. The summed E-state index contributed by atoms with van der Waals surface area (Å²) < 4.78 is 0. The number of hydrogen-bond acceptors (Lipinski definition) is 5. The zero-order valence-corrected chi connectivity index (χ0v) is 16.0. The molecule has 4 N–H and O–H groups in total. The van der Waals surface area contributed by atoms with E-state index in [0.29, 0.717) is 32.1 Å². The lowest BCUT2D eigenvalue weighted by Gasteiger charge is -2.64. The fraction of sp³-hybridized carbons (Fsp3) is 0.857. The van der Waals surface area contributed by atoms with Gasteiger partial charge in [-0.1, -0.05) is 25.5 Å². The zero-order valence-electron chi connectivity index (χ0n) is 16.0. The lowest BCUT2D eigenvalue weighted by molar-refractivity contribution is -0.263. The van der Waals surface area contributed by atoms with Crippen LogP contribution < -0.4 is 0 Å². The SMILES string of the molecule is CC(=O)[C@@H]1CC[C@]2(O)[C@@H]3CC=C4C[C@@H](O)CC[C@]4(C)[C@H]3[C@H](O)[C@@H](O)[C@]12C. The van der Waals surface area contributed by atoms with Crippen molar-refractivity contribution in [3.63, 3.8) is 0 Å². The van der Waals surface area contributed by atoms with Gasteiger partial charge >= 0.3 is 0 Å². The Bertz CT molecular complexity index is 659. The predicted molar refractivity (Wildman–Crippen MR) is 96.1 cm³/mol. The molecule has 3 fully saturated rings. The number of carbonyl (C=O) groups is 1. The van der Waals surface area contributed by atoms with Crippen LogP contribution in [0.2, 0.25) is 0 Å². The van der Waals surface area contributed by atoms with Gasteiger partial charge in [-0.25, -0.2) is 0 Å². The van der Waals surface area contributed by atoms with Gasteiger partial charge in [-0.15, -0.1) is 0 Å². The van der Waals surface area contributed by atoms with Crippen molar-refractivity contribution in [2.75, 3.05) is 0 Å². The van der Waals surface area contributed by atoms with E-state index in [1.807, 2.05) is 0 Å². The number of rotatable bonds is 1. The number of Topliss-reactive ketones (excluding diaryl/α,β-unsaturated/α-hetero) is 1. The molecule has 4 aliphatic carbocycles. The van der Waals surface area contributed by atoms with Crippen LogP contribution in [-0.4, -0.2) is 50.1 Å². The third kappa shape index (κ3) is 2.03. The normalized spacial score (nSPS) is 56.2. The van der Waals surface area contributed by atoms with Gasteiger partial charge in [-0.2, -0.15) is 0 Å². The highest BCUT2D eigenvalue weighted by molar-refractivity contribution is 5.80. The van der Waals surface area contributed by atoms with Gasteiger partial charge in [0.25, 0.3) is 0 Å². The van der Waals surface area contributed by atoms with Crippen LogP contribution in [0.15, 0.2) is 11.6 Å². The molecular weight excluding hydrogens is 332 g/mol. The smallest absolute Gasteiger partial charge is 0.133 e. The van der Waals surface area contributed by atoms with E-state index in [1.54, 1.807) is 6.92 Å². The number of carbonyl (C=O) groups excluding carboxylic acids is 1. The van der Waals surface area contributed by atoms with Crippen molar-refractivity contribution in [1.29, 1.82) is 0 Å². The molecule has 0 aromatic heterocycles. The average Bonchev–Trinajstić information content (AvgIpc) is 2.86. The van der Waals surface area contributed by atoms with E-state index in [9.17, 15) is 25.2 Å². The summed E-state index contributed by atoms with van der Waals surface area (Å²) in [6, 6.07) is 0. The summed E-state index contributed by atoms with van der Waals surface area (Å²) in [5, 5.41) is 44.3. The summed E-state index contributed by atoms with van der Waals surface area (Å²) in [6.45, 7) is 5.43. The van der Waals surface area contributed by atoms with E-state index in [1.165, 1.54) is 6.92 Å². The standard InChI is InChI=1S/C21H32O5/c1-11(22)14-7-9-21(26)15-5-4-12-10-13(23)6-8-19(12,2)16(15)17(24)18(25)20(14,21)3/h4,13-18,23-26H,5-10H2,1-3H3/t13-,14-,15+,16+,17-,18+,19-,20-,21-/m0/s1. The first-order chi connectivity index (χ1) is 12.1. The summed E-state index contributed by atoms with van der Waals surface area (Å²) in [7, 11) is 0. The molecule has 3 saturated carbocycles. The lowest BCUT2D eigenvalue weighted by atomic mass is 9.44. The molecule has 4 rings (SSSR count). The largest absolute Gasteiger partial charge is 0.393 e. The number of hydrogen-bond donors (Lipinski definition) is 4. The molecule has 0 spiro atoms. The van der Waals surface area contributed by atoms with Crippen molar-refractivity contribution in [2.45, 2.75) is 83.2 Å². The van der Waals surface area contributed by atoms with Crippen LogP contribution in [0.25, 0.3) is 0 Å². The summed E-state index contributed by atoms with van der Waals surface area (Å²) >= 11 is 0. The molecule has 0 aliphatic heterocycles. The Morgan fingerprint density at radius 3 is 2.50 bits per heavy atom. The van der Waals surface area contributed by atoms with Gasteiger partial charge in [0.2, 0.25) is 0 Å². The fourth-order valence-corrected chi connectivity index (χ4v) is 7.34. The first-order valence-electron chi connectivity index (χ1n) is 10.0. The molecule has 9 atom stereocenters. The van der Waals surface area contributed by atoms with Gasteiger partial charge in [0.05, 0.1) is 23.9 Å². The van der Waals surface area contributed by atoms with Gasteiger partial charge < -0.3 is 20.4 Å². The van der Waals surface area contributed by atoms with Crippen molar-refractivity contribution < 1.29 is 25.2 Å². The second-order valence-corrected chi connectivity index (χ2v) is 9.76. The molecule has 26 heavy (non-hydrogen) atoms. The Balaban J connectivity index is 1.82. The van der Waals surface area contributed by atoms with Crippen LogP contribution in [0.4, 0.5) is 0 Å². The minimum Gasteiger partial charge on any atom is -0.393 e. The Morgan fingerprint density at radius 1 is 1.15 bits per heavy atom. The van der Waals surface area contributed by atoms with Crippen LogP contribution in [-0.2, 0) is 4.79 Å². The summed E-state index contributed by atoms with van der Waals surface area (Å²) in [6.07, 6.45) is 3.38. The van der Waals surface area contributed by atoms with Gasteiger partial charge in [-0.05, 0) is 56.8 Å². The van der Waals surface area contributed by atoms with Crippen molar-refractivity contribution in [3.8, 4) is 0 Å². The Hall–Kier alpha value is -0.750. The molecule has 0 unspecified atom stereocenters. The highest BCUT2D eigenvalue weighted by atomic mass is 16.3. The zero-order chi connectivity index (χ0) is 19.1. The van der Waals surface area contributed by atoms with E-state index < -0.39 is 29.1 Å². The first-order valence-corrected chi connectivity index (χ1v) is 10.0. The number of aliphatic hydroxyl groups excluding tert-OH is 3. The Labute approximate surface area is 155 Å². The minimum atomic E-state index is -1.16. The maximum Gasteiger partial charge on any atom is 0.133 e. The van der Waals surface area contributed by atoms with Crippen molar-refractivity contribution in [3.05, 3.63) is 11.6 Å². The second-order valence-electron chi connectivity index (χ2n) is 9.76. The molecule has 0 saturated heterocycles. The Morgan fingerprint density at radius 2 is 1.85 bits per heavy atom. The van der Waals surface area contributed by atoms with Crippen LogP contribution in [0.5, 0.6) is 0 Å².